The monoisotopic (exact) mass is 375 g/mol. The van der Waals surface area contributed by atoms with E-state index in [9.17, 15) is 15.4 Å². The molecule has 0 aromatic carbocycles. The van der Waals surface area contributed by atoms with Crippen molar-refractivity contribution in [1.82, 2.24) is 0 Å². The maximum absolute atomic E-state index is 12.5. The summed E-state index contributed by atoms with van der Waals surface area (Å²) in [6.07, 6.45) is 8.37. The lowest BCUT2D eigenvalue weighted by Crippen LogP contribution is -2.61. The first-order valence-electron chi connectivity index (χ1n) is 10.6. The Morgan fingerprint density at radius 2 is 1.89 bits per heavy atom. The average molecular weight is 376 g/mol. The molecule has 8 atom stereocenters. The summed E-state index contributed by atoms with van der Waals surface area (Å²) < 4.78 is 5.12. The molecule has 4 saturated carbocycles. The van der Waals surface area contributed by atoms with E-state index in [0.29, 0.717) is 17.8 Å². The summed E-state index contributed by atoms with van der Waals surface area (Å²) in [6.45, 7) is 4.59. The minimum absolute atomic E-state index is 0.147. The third-order valence-corrected chi connectivity index (χ3v) is 9.53. The van der Waals surface area contributed by atoms with Crippen LogP contribution < -0.4 is 0 Å². The number of methoxy groups -OCH3 is 1. The molecule has 0 aromatic rings. The smallest absolute Gasteiger partial charge is 0.309 e. The van der Waals surface area contributed by atoms with Gasteiger partial charge in [0.25, 0.3) is 0 Å². The molecular weight excluding hydrogens is 342 g/mol. The van der Waals surface area contributed by atoms with Crippen molar-refractivity contribution in [2.45, 2.75) is 83.3 Å². The predicted octanol–water partition coefficient (Wildman–Crippen LogP) is 4.61. The molecule has 0 amide bonds. The number of azide groups is 1. The van der Waals surface area contributed by atoms with E-state index in [4.69, 9.17) is 4.74 Å². The average Bonchev–Trinajstić information content (AvgIpc) is 2.95. The number of esters is 1. The molecule has 6 heteroatoms. The molecule has 6 nitrogen and oxygen atoms in total. The second kappa shape index (κ2) is 6.38. The highest BCUT2D eigenvalue weighted by molar-refractivity contribution is 5.74. The van der Waals surface area contributed by atoms with Gasteiger partial charge >= 0.3 is 5.97 Å². The molecule has 150 valence electrons. The quantitative estimate of drug-likeness (QED) is 0.330. The number of carbonyl (C=O) groups excluding carboxylic acids is 1. The lowest BCUT2D eigenvalue weighted by atomic mass is 9.42. The van der Waals surface area contributed by atoms with Gasteiger partial charge in [-0.15, -0.1) is 0 Å². The van der Waals surface area contributed by atoms with Crippen LogP contribution in [0.2, 0.25) is 0 Å². The number of aliphatic hydroxyl groups is 1. The summed E-state index contributed by atoms with van der Waals surface area (Å²) in [4.78, 5) is 15.8. The lowest BCUT2D eigenvalue weighted by molar-refractivity contribution is -0.160. The molecule has 4 rings (SSSR count). The van der Waals surface area contributed by atoms with Crippen molar-refractivity contribution in [3.63, 3.8) is 0 Å². The Morgan fingerprint density at radius 1 is 1.11 bits per heavy atom. The van der Waals surface area contributed by atoms with Crippen molar-refractivity contribution < 1.29 is 14.6 Å². The summed E-state index contributed by atoms with van der Waals surface area (Å²) >= 11 is 0. The van der Waals surface area contributed by atoms with Crippen LogP contribution >= 0.6 is 0 Å². The number of rotatable bonds is 2. The zero-order chi connectivity index (χ0) is 19.4. The Hall–Kier alpha value is -1.26. The van der Waals surface area contributed by atoms with Gasteiger partial charge < -0.3 is 9.84 Å². The SMILES string of the molecule is COC(=O)[C@H]1CCC2(N=[N+]=[N-])[C@@H]3CCC4CC(O)CC[C@]4(C)[C@H]3CC[C@]12C. The van der Waals surface area contributed by atoms with Crippen LogP contribution in [0.1, 0.15) is 71.6 Å². The highest BCUT2D eigenvalue weighted by Gasteiger charge is 2.68. The fraction of sp³-hybridized carbons (Fsp3) is 0.952. The predicted molar refractivity (Wildman–Crippen MR) is 102 cm³/mol. The van der Waals surface area contributed by atoms with E-state index in [1.165, 1.54) is 7.11 Å². The first-order valence-corrected chi connectivity index (χ1v) is 10.6. The van der Waals surface area contributed by atoms with Crippen LogP contribution in [-0.2, 0) is 9.53 Å². The molecule has 4 aliphatic carbocycles. The van der Waals surface area contributed by atoms with Crippen molar-refractivity contribution in [2.24, 2.45) is 39.6 Å². The van der Waals surface area contributed by atoms with Gasteiger partial charge in [-0.2, -0.15) is 0 Å². The first kappa shape index (κ1) is 19.1. The van der Waals surface area contributed by atoms with Gasteiger partial charge in [0.15, 0.2) is 0 Å². The van der Waals surface area contributed by atoms with E-state index in [1.54, 1.807) is 0 Å². The Balaban J connectivity index is 1.74. The third kappa shape index (κ3) is 2.42. The van der Waals surface area contributed by atoms with Gasteiger partial charge in [-0.3, -0.25) is 4.79 Å². The second-order valence-electron chi connectivity index (χ2n) is 10.1. The van der Waals surface area contributed by atoms with Gasteiger partial charge in [-0.25, -0.2) is 0 Å². The van der Waals surface area contributed by atoms with E-state index < -0.39 is 5.54 Å². The third-order valence-electron chi connectivity index (χ3n) is 9.53. The summed E-state index contributed by atoms with van der Waals surface area (Å²) in [6, 6.07) is 0. The minimum Gasteiger partial charge on any atom is -0.469 e. The number of hydrogen-bond donors (Lipinski definition) is 1. The van der Waals surface area contributed by atoms with Crippen LogP contribution in [0.3, 0.4) is 0 Å². The number of nitrogens with zero attached hydrogens (tertiary/aromatic N) is 3. The number of hydrogen-bond acceptors (Lipinski definition) is 4. The van der Waals surface area contributed by atoms with Gasteiger partial charge in [-0.1, -0.05) is 19.0 Å². The van der Waals surface area contributed by atoms with Crippen molar-refractivity contribution >= 4 is 5.97 Å². The molecule has 0 saturated heterocycles. The molecule has 4 fully saturated rings. The zero-order valence-corrected chi connectivity index (χ0v) is 16.9. The van der Waals surface area contributed by atoms with E-state index in [0.717, 1.165) is 57.8 Å². The highest BCUT2D eigenvalue weighted by atomic mass is 16.5. The summed E-state index contributed by atoms with van der Waals surface area (Å²) in [5.41, 5.74) is 8.91. The molecule has 0 heterocycles. The topological polar surface area (TPSA) is 95.3 Å². The van der Waals surface area contributed by atoms with E-state index in [2.05, 4.69) is 23.9 Å². The van der Waals surface area contributed by atoms with E-state index in [1.807, 2.05) is 0 Å². The summed E-state index contributed by atoms with van der Waals surface area (Å²) in [5, 5.41) is 14.7. The van der Waals surface area contributed by atoms with E-state index in [-0.39, 0.29) is 28.8 Å². The second-order valence-corrected chi connectivity index (χ2v) is 10.1. The molecule has 1 N–H and O–H groups in total. The van der Waals surface area contributed by atoms with Gasteiger partial charge in [-0.05, 0) is 91.9 Å². The largest absolute Gasteiger partial charge is 0.469 e. The minimum atomic E-state index is -0.479. The Bertz CT molecular complexity index is 678. The van der Waals surface area contributed by atoms with Gasteiger partial charge in [0.05, 0.1) is 24.7 Å². The molecule has 4 aliphatic rings. The van der Waals surface area contributed by atoms with Crippen molar-refractivity contribution in [3.8, 4) is 0 Å². The number of carbonyl (C=O) groups is 1. The highest BCUT2D eigenvalue weighted by Crippen LogP contribution is 2.70. The number of aliphatic hydroxyl groups excluding tert-OH is 1. The van der Waals surface area contributed by atoms with Crippen molar-refractivity contribution in [3.05, 3.63) is 10.4 Å². The van der Waals surface area contributed by atoms with Crippen molar-refractivity contribution in [2.75, 3.05) is 7.11 Å². The molecule has 3 unspecified atom stereocenters. The number of fused-ring (bicyclic) bond motifs is 5. The Morgan fingerprint density at radius 3 is 2.59 bits per heavy atom. The Kier molecular flexibility index (Phi) is 4.51. The standard InChI is InChI=1S/C21H33N3O3/c1-19-9-6-14(25)12-13(19)4-5-16-15(19)7-10-20(2)17(18(26)27-3)8-11-21(16,20)23-24-22/h13-17,25H,4-12H2,1-3H3/t13?,14?,15-,16+,17+,19-,20+,21?/m0/s1. The van der Waals surface area contributed by atoms with Crippen LogP contribution in [0, 0.1) is 34.5 Å². The fourth-order valence-electron chi connectivity index (χ4n) is 8.04. The molecule has 0 radical (unpaired) electrons. The Labute approximate surface area is 161 Å². The summed E-state index contributed by atoms with van der Waals surface area (Å²) in [7, 11) is 1.46. The zero-order valence-electron chi connectivity index (χ0n) is 16.9. The molecule has 0 aliphatic heterocycles. The molecule has 0 bridgehead atoms. The first-order chi connectivity index (χ1) is 12.8. The van der Waals surface area contributed by atoms with Crippen molar-refractivity contribution in [1.29, 1.82) is 0 Å². The van der Waals surface area contributed by atoms with Crippen LogP contribution in [0.4, 0.5) is 0 Å². The van der Waals surface area contributed by atoms with Crippen LogP contribution in [0.25, 0.3) is 10.4 Å². The normalized spacial score (nSPS) is 51.3. The lowest BCUT2D eigenvalue weighted by Gasteiger charge is -2.63. The molecular formula is C21H33N3O3. The summed E-state index contributed by atoms with van der Waals surface area (Å²) in [5.74, 6) is 1.09. The van der Waals surface area contributed by atoms with Crippen LogP contribution in [0.15, 0.2) is 5.11 Å². The fourth-order valence-corrected chi connectivity index (χ4v) is 8.04. The molecule has 27 heavy (non-hydrogen) atoms. The maximum atomic E-state index is 12.5. The van der Waals surface area contributed by atoms with Crippen LogP contribution in [-0.4, -0.2) is 29.8 Å². The van der Waals surface area contributed by atoms with E-state index >= 15 is 0 Å². The number of ether oxygens (including phenoxy) is 1. The maximum Gasteiger partial charge on any atom is 0.309 e. The van der Waals surface area contributed by atoms with Gasteiger partial charge in [0.1, 0.15) is 0 Å². The molecule has 0 spiro atoms. The molecule has 0 aromatic heterocycles. The van der Waals surface area contributed by atoms with Gasteiger partial charge in [0, 0.05) is 4.91 Å². The van der Waals surface area contributed by atoms with Crippen LogP contribution in [0.5, 0.6) is 0 Å². The van der Waals surface area contributed by atoms with Gasteiger partial charge in [0.2, 0.25) is 0 Å².